The van der Waals surface area contributed by atoms with Crippen LogP contribution in [-0.2, 0) is 0 Å². The summed E-state index contributed by atoms with van der Waals surface area (Å²) in [5.74, 6) is 1.75. The second-order valence-electron chi connectivity index (χ2n) is 19.7. The van der Waals surface area contributed by atoms with Crippen molar-refractivity contribution in [2.75, 3.05) is 0 Å². The topological polar surface area (TPSA) is 74.8 Å². The van der Waals surface area contributed by atoms with E-state index in [4.69, 9.17) is 23.8 Å². The van der Waals surface area contributed by atoms with E-state index in [0.717, 1.165) is 129 Å². The smallest absolute Gasteiger partial charge is 0.164 e. The molecule has 76 heavy (non-hydrogen) atoms. The second kappa shape index (κ2) is 16.7. The molecule has 7 heteroatoms. The van der Waals surface area contributed by atoms with Crippen molar-refractivity contribution in [3.05, 3.63) is 235 Å². The molecule has 0 N–H and O–H groups in total. The lowest BCUT2D eigenvalue weighted by atomic mass is 9.90. The Balaban J connectivity index is 0.976. The van der Waals surface area contributed by atoms with Crippen LogP contribution in [0, 0.1) is 0 Å². The monoisotopic (exact) mass is 973 g/mol. The second-order valence-corrected chi connectivity index (χ2v) is 19.7. The molecule has 1 aliphatic carbocycles. The quantitative estimate of drug-likeness (QED) is 0.159. The normalized spacial score (nSPS) is 12.6. The summed E-state index contributed by atoms with van der Waals surface area (Å²) in [7, 11) is 0. The van der Waals surface area contributed by atoms with Gasteiger partial charge in [0.05, 0.1) is 16.6 Å². The molecule has 1 aliphatic rings. The molecule has 0 spiro atoms. The van der Waals surface area contributed by atoms with Crippen LogP contribution in [0.25, 0.3) is 157 Å². The van der Waals surface area contributed by atoms with Crippen LogP contribution in [0.2, 0.25) is 0 Å². The summed E-state index contributed by atoms with van der Waals surface area (Å²) in [5.41, 5.74) is 15.4. The van der Waals surface area contributed by atoms with Gasteiger partial charge in [-0.2, -0.15) is 0 Å². The van der Waals surface area contributed by atoms with E-state index in [1.807, 2.05) is 36.4 Å². The first-order valence-electron chi connectivity index (χ1n) is 25.9. The Labute approximate surface area is 435 Å². The number of rotatable bonds is 7. The van der Waals surface area contributed by atoms with Gasteiger partial charge >= 0.3 is 0 Å². The summed E-state index contributed by atoms with van der Waals surface area (Å²) in [5, 5.41) is 10.1. The SMILES string of the molecule is C1=c2c(n(-c3ccccc3)c3c2ccc2c3oc3cccc(-c4ccc(-c5cccc6oc7c(ccc8c9ccccc9n(-c9ccccc9)c87)c56)cc4-c4nc(-c5ccccc5)nc(-c5ccccc5)n4)c32)=CCC1. The highest BCUT2D eigenvalue weighted by Crippen LogP contribution is 2.47. The molecule has 7 nitrogen and oxygen atoms in total. The number of furan rings is 2. The van der Waals surface area contributed by atoms with E-state index in [1.165, 1.54) is 21.3 Å². The van der Waals surface area contributed by atoms with Crippen molar-refractivity contribution in [3.63, 3.8) is 0 Å². The fourth-order valence-electron chi connectivity index (χ4n) is 12.1. The predicted octanol–water partition coefficient (Wildman–Crippen LogP) is 16.4. The molecule has 15 aromatic rings. The Kier molecular flexibility index (Phi) is 9.32. The predicted molar refractivity (Wildman–Crippen MR) is 310 cm³/mol. The summed E-state index contributed by atoms with van der Waals surface area (Å²) in [6.07, 6.45) is 6.75. The van der Waals surface area contributed by atoms with Crippen molar-refractivity contribution in [1.82, 2.24) is 24.1 Å². The summed E-state index contributed by atoms with van der Waals surface area (Å²) >= 11 is 0. The minimum Gasteiger partial charge on any atom is -0.454 e. The average Bonchev–Trinajstić information content (AvgIpc) is 4.38. The number of fused-ring (bicyclic) bond motifs is 14. The number of hydrogen-bond donors (Lipinski definition) is 0. The van der Waals surface area contributed by atoms with Gasteiger partial charge in [-0.05, 0) is 95.8 Å². The Morgan fingerprint density at radius 3 is 1.54 bits per heavy atom. The van der Waals surface area contributed by atoms with Gasteiger partial charge in [0, 0.05) is 76.3 Å². The zero-order valence-electron chi connectivity index (χ0n) is 41.0. The van der Waals surface area contributed by atoms with Gasteiger partial charge in [-0.25, -0.2) is 15.0 Å². The molecule has 0 bridgehead atoms. The molecule has 0 saturated heterocycles. The number of benzene rings is 10. The van der Waals surface area contributed by atoms with Crippen molar-refractivity contribution < 1.29 is 8.83 Å². The van der Waals surface area contributed by atoms with E-state index < -0.39 is 0 Å². The Morgan fingerprint density at radius 2 is 0.868 bits per heavy atom. The molecule has 5 heterocycles. The molecule has 5 aromatic heterocycles. The lowest BCUT2D eigenvalue weighted by Gasteiger charge is -2.15. The molecule has 0 saturated carbocycles. The molecule has 0 unspecified atom stereocenters. The van der Waals surface area contributed by atoms with Crippen LogP contribution < -0.4 is 10.6 Å². The van der Waals surface area contributed by atoms with E-state index in [0.29, 0.717) is 17.5 Å². The fraction of sp³-hybridized carbons (Fsp3) is 0.0290. The molecule has 0 aliphatic heterocycles. The van der Waals surface area contributed by atoms with Gasteiger partial charge in [0.1, 0.15) is 11.2 Å². The van der Waals surface area contributed by atoms with Crippen LogP contribution in [0.15, 0.2) is 233 Å². The van der Waals surface area contributed by atoms with Gasteiger partial charge < -0.3 is 18.0 Å². The van der Waals surface area contributed by atoms with Gasteiger partial charge in [0.25, 0.3) is 0 Å². The number of nitrogens with zero attached hydrogens (tertiary/aromatic N) is 5. The third-order valence-corrected chi connectivity index (χ3v) is 15.4. The van der Waals surface area contributed by atoms with Crippen LogP contribution in [0.1, 0.15) is 12.8 Å². The van der Waals surface area contributed by atoms with E-state index >= 15 is 0 Å². The number of hydrogen-bond acceptors (Lipinski definition) is 5. The van der Waals surface area contributed by atoms with Gasteiger partial charge in [-0.15, -0.1) is 0 Å². The van der Waals surface area contributed by atoms with Crippen LogP contribution in [0.4, 0.5) is 0 Å². The molecule has 0 radical (unpaired) electrons. The third-order valence-electron chi connectivity index (χ3n) is 15.4. The molecule has 0 fully saturated rings. The third kappa shape index (κ3) is 6.39. The lowest BCUT2D eigenvalue weighted by Crippen LogP contribution is -2.30. The summed E-state index contributed by atoms with van der Waals surface area (Å²) in [6.45, 7) is 0. The highest BCUT2D eigenvalue weighted by atomic mass is 16.3. The van der Waals surface area contributed by atoms with Crippen LogP contribution in [-0.4, -0.2) is 24.1 Å². The van der Waals surface area contributed by atoms with Crippen molar-refractivity contribution >= 4 is 88.7 Å². The first-order chi connectivity index (χ1) is 37.7. The maximum absolute atomic E-state index is 7.12. The largest absolute Gasteiger partial charge is 0.454 e. The number of para-hydroxylation sites is 3. The van der Waals surface area contributed by atoms with Crippen molar-refractivity contribution in [2.24, 2.45) is 0 Å². The molecular formula is C69H43N5O2. The Hall–Kier alpha value is -10.1. The summed E-state index contributed by atoms with van der Waals surface area (Å²) in [6, 6.07) is 78.8. The number of aromatic nitrogens is 5. The van der Waals surface area contributed by atoms with E-state index in [1.54, 1.807) is 0 Å². The van der Waals surface area contributed by atoms with E-state index in [-0.39, 0.29) is 0 Å². The summed E-state index contributed by atoms with van der Waals surface area (Å²) < 4.78 is 18.9. The fourth-order valence-corrected chi connectivity index (χ4v) is 12.1. The van der Waals surface area contributed by atoms with Gasteiger partial charge in [-0.1, -0.05) is 176 Å². The zero-order chi connectivity index (χ0) is 49.8. The van der Waals surface area contributed by atoms with Gasteiger partial charge in [0.15, 0.2) is 28.6 Å². The van der Waals surface area contributed by atoms with Crippen LogP contribution in [0.5, 0.6) is 0 Å². The first kappa shape index (κ1) is 42.4. The van der Waals surface area contributed by atoms with Crippen molar-refractivity contribution in [1.29, 1.82) is 0 Å². The zero-order valence-corrected chi connectivity index (χ0v) is 41.0. The van der Waals surface area contributed by atoms with E-state index in [9.17, 15) is 0 Å². The molecule has 356 valence electrons. The minimum absolute atomic E-state index is 0.562. The molecule has 0 amide bonds. The van der Waals surface area contributed by atoms with Crippen molar-refractivity contribution in [2.45, 2.75) is 12.8 Å². The molecular weight excluding hydrogens is 931 g/mol. The maximum Gasteiger partial charge on any atom is 0.164 e. The van der Waals surface area contributed by atoms with Gasteiger partial charge in [0.2, 0.25) is 0 Å². The van der Waals surface area contributed by atoms with E-state index in [2.05, 4.69) is 209 Å². The van der Waals surface area contributed by atoms with Crippen LogP contribution >= 0.6 is 0 Å². The van der Waals surface area contributed by atoms with Crippen molar-refractivity contribution in [3.8, 4) is 67.8 Å². The lowest BCUT2D eigenvalue weighted by molar-refractivity contribution is 0.670. The Morgan fingerprint density at radius 1 is 0.342 bits per heavy atom. The highest BCUT2D eigenvalue weighted by molar-refractivity contribution is 6.24. The molecule has 16 rings (SSSR count). The highest BCUT2D eigenvalue weighted by Gasteiger charge is 2.25. The Bertz CT molecular complexity index is 4920. The minimum atomic E-state index is 0.562. The maximum atomic E-state index is 7.12. The average molecular weight is 974 g/mol. The molecule has 10 aromatic carbocycles. The summed E-state index contributed by atoms with van der Waals surface area (Å²) in [4.78, 5) is 15.9. The first-order valence-corrected chi connectivity index (χ1v) is 25.9. The molecule has 0 atom stereocenters. The standard InChI is InChI=1S/C69H43N5O2/c1-5-19-42(20-6-1)67-70-68(43-21-7-2-8-22-43)72-69(71-67)56-41-44(47-29-17-33-59-61(47)54-39-37-52-49-27-13-15-31-57(49)73(63(52)65(54)75-59)45-23-9-3-10-24-45)35-36-48(56)51-30-18-34-60-62(51)55-40-38-53-50-28-14-16-32-58(50)74(64(53)66(55)76-60)46-25-11-4-12-26-46/h1-13,15,17-41H,14,16H2. The van der Waals surface area contributed by atoms with Gasteiger partial charge in [-0.3, -0.25) is 0 Å². The van der Waals surface area contributed by atoms with Crippen LogP contribution in [0.3, 0.4) is 0 Å².